The van der Waals surface area contributed by atoms with E-state index in [4.69, 9.17) is 5.26 Å². The Balaban J connectivity index is 1.69. The number of nitriles is 1. The number of hydrogen-bond donors (Lipinski definition) is 1. The summed E-state index contributed by atoms with van der Waals surface area (Å²) in [6.07, 6.45) is 1.61. The Bertz CT molecular complexity index is 928. The quantitative estimate of drug-likeness (QED) is 0.757. The molecule has 3 rings (SSSR count). The van der Waals surface area contributed by atoms with E-state index in [0.29, 0.717) is 23.8 Å². The zero-order valence-corrected chi connectivity index (χ0v) is 14.6. The van der Waals surface area contributed by atoms with Crippen LogP contribution in [0.3, 0.4) is 0 Å². The average Bonchev–Trinajstić information content (AvgIpc) is 2.67. The number of aromatic nitrogens is 3. The molecule has 6 heteroatoms. The number of hydrogen-bond acceptors (Lipinski definition) is 5. The summed E-state index contributed by atoms with van der Waals surface area (Å²) in [5.41, 5.74) is 2.11. The Morgan fingerprint density at radius 3 is 2.54 bits per heavy atom. The fraction of sp³-hybridized carbons (Fsp3) is 0.200. The summed E-state index contributed by atoms with van der Waals surface area (Å²) in [4.78, 5) is 4.31. The van der Waals surface area contributed by atoms with E-state index in [-0.39, 0.29) is 11.2 Å². The summed E-state index contributed by atoms with van der Waals surface area (Å²) in [6, 6.07) is 15.7. The topological polar surface area (TPSA) is 74.5 Å². The van der Waals surface area contributed by atoms with E-state index in [1.807, 2.05) is 6.07 Å². The van der Waals surface area contributed by atoms with E-state index in [9.17, 15) is 4.39 Å². The van der Waals surface area contributed by atoms with Gasteiger partial charge in [0.05, 0.1) is 17.8 Å². The Labute approximate surface area is 151 Å². The minimum absolute atomic E-state index is 0.213. The SMILES string of the molecule is CC(C)(CNc1cnc(-c2cccc(C#N)c2)nn1)c1ccc(F)cc1. The van der Waals surface area contributed by atoms with Crippen molar-refractivity contribution < 1.29 is 4.39 Å². The third-order valence-corrected chi connectivity index (χ3v) is 4.15. The summed E-state index contributed by atoms with van der Waals surface area (Å²) < 4.78 is 13.1. The molecular formula is C20H18FN5. The molecule has 0 unspecified atom stereocenters. The number of benzene rings is 2. The molecule has 0 atom stereocenters. The zero-order chi connectivity index (χ0) is 18.6. The second-order valence-corrected chi connectivity index (χ2v) is 6.60. The number of anilines is 1. The molecular weight excluding hydrogens is 329 g/mol. The van der Waals surface area contributed by atoms with E-state index < -0.39 is 0 Å². The molecule has 26 heavy (non-hydrogen) atoms. The highest BCUT2D eigenvalue weighted by atomic mass is 19.1. The van der Waals surface area contributed by atoms with Gasteiger partial charge in [0.15, 0.2) is 11.6 Å². The summed E-state index contributed by atoms with van der Waals surface area (Å²) in [6.45, 7) is 4.73. The Kier molecular flexibility index (Phi) is 4.90. The lowest BCUT2D eigenvalue weighted by molar-refractivity contribution is 0.552. The predicted molar refractivity (Wildman–Crippen MR) is 97.9 cm³/mol. The van der Waals surface area contributed by atoms with Crippen molar-refractivity contribution in [2.45, 2.75) is 19.3 Å². The summed E-state index contributed by atoms with van der Waals surface area (Å²) in [7, 11) is 0. The summed E-state index contributed by atoms with van der Waals surface area (Å²) in [5.74, 6) is 0.773. The number of rotatable bonds is 5. The third kappa shape index (κ3) is 4.01. The fourth-order valence-electron chi connectivity index (χ4n) is 2.53. The zero-order valence-electron chi connectivity index (χ0n) is 14.6. The van der Waals surface area contributed by atoms with Crippen molar-refractivity contribution >= 4 is 5.82 Å². The number of nitrogens with zero attached hydrogens (tertiary/aromatic N) is 4. The van der Waals surface area contributed by atoms with Gasteiger partial charge in [-0.2, -0.15) is 5.26 Å². The first kappa shape index (κ1) is 17.5. The van der Waals surface area contributed by atoms with Crippen molar-refractivity contribution in [3.8, 4) is 17.5 Å². The third-order valence-electron chi connectivity index (χ3n) is 4.15. The Morgan fingerprint density at radius 2 is 1.88 bits per heavy atom. The van der Waals surface area contributed by atoms with Crippen LogP contribution < -0.4 is 5.32 Å². The maximum Gasteiger partial charge on any atom is 0.181 e. The lowest BCUT2D eigenvalue weighted by atomic mass is 9.84. The van der Waals surface area contributed by atoms with Gasteiger partial charge < -0.3 is 5.32 Å². The molecule has 1 heterocycles. The van der Waals surface area contributed by atoms with Gasteiger partial charge in [-0.1, -0.05) is 38.1 Å². The van der Waals surface area contributed by atoms with Gasteiger partial charge in [-0.25, -0.2) is 9.37 Å². The molecule has 0 saturated carbocycles. The normalized spacial score (nSPS) is 11.0. The van der Waals surface area contributed by atoms with Crippen LogP contribution in [0.2, 0.25) is 0 Å². The lowest BCUT2D eigenvalue weighted by Crippen LogP contribution is -2.28. The molecule has 0 aliphatic heterocycles. The number of nitrogens with one attached hydrogen (secondary N) is 1. The number of halogens is 1. The maximum absolute atomic E-state index is 13.1. The second kappa shape index (κ2) is 7.28. The van der Waals surface area contributed by atoms with Crippen molar-refractivity contribution in [3.05, 3.63) is 71.7 Å². The largest absolute Gasteiger partial charge is 0.366 e. The van der Waals surface area contributed by atoms with Crippen LogP contribution in [-0.2, 0) is 5.41 Å². The Hall–Kier alpha value is -3.33. The van der Waals surface area contributed by atoms with E-state index in [1.54, 1.807) is 36.5 Å². The first-order valence-corrected chi connectivity index (χ1v) is 8.18. The van der Waals surface area contributed by atoms with Crippen molar-refractivity contribution in [2.75, 3.05) is 11.9 Å². The molecule has 0 aliphatic rings. The molecule has 2 aromatic carbocycles. The van der Waals surface area contributed by atoms with Crippen LogP contribution in [0.4, 0.5) is 10.2 Å². The van der Waals surface area contributed by atoms with Crippen molar-refractivity contribution in [1.29, 1.82) is 5.26 Å². The van der Waals surface area contributed by atoms with Crippen LogP contribution in [0.5, 0.6) is 0 Å². The Morgan fingerprint density at radius 1 is 1.12 bits per heavy atom. The molecule has 0 fully saturated rings. The minimum Gasteiger partial charge on any atom is -0.366 e. The molecule has 3 aromatic rings. The monoisotopic (exact) mass is 347 g/mol. The van der Waals surface area contributed by atoms with Crippen LogP contribution in [0.25, 0.3) is 11.4 Å². The van der Waals surface area contributed by atoms with Crippen LogP contribution in [0, 0.1) is 17.1 Å². The van der Waals surface area contributed by atoms with E-state index in [1.165, 1.54) is 12.1 Å². The molecule has 5 nitrogen and oxygen atoms in total. The van der Waals surface area contributed by atoms with Gasteiger partial charge in [-0.05, 0) is 29.8 Å². The second-order valence-electron chi connectivity index (χ2n) is 6.60. The van der Waals surface area contributed by atoms with Gasteiger partial charge in [-0.3, -0.25) is 0 Å². The highest BCUT2D eigenvalue weighted by molar-refractivity contribution is 5.57. The predicted octanol–water partition coefficient (Wildman–Crippen LogP) is 3.94. The molecule has 0 radical (unpaired) electrons. The van der Waals surface area contributed by atoms with E-state index in [2.05, 4.69) is 40.4 Å². The van der Waals surface area contributed by atoms with Gasteiger partial charge in [0, 0.05) is 17.5 Å². The van der Waals surface area contributed by atoms with Crippen molar-refractivity contribution in [3.63, 3.8) is 0 Å². The van der Waals surface area contributed by atoms with Crippen molar-refractivity contribution in [1.82, 2.24) is 15.2 Å². The highest BCUT2D eigenvalue weighted by Gasteiger charge is 2.20. The van der Waals surface area contributed by atoms with Gasteiger partial charge in [0.1, 0.15) is 5.82 Å². The molecule has 0 bridgehead atoms. The first-order valence-electron chi connectivity index (χ1n) is 8.18. The van der Waals surface area contributed by atoms with Crippen LogP contribution >= 0.6 is 0 Å². The van der Waals surface area contributed by atoms with Gasteiger partial charge in [0.2, 0.25) is 0 Å². The molecule has 0 spiro atoms. The standard InChI is InChI=1S/C20H18FN5/c1-20(2,16-6-8-17(21)9-7-16)13-24-18-12-23-19(26-25-18)15-5-3-4-14(10-15)11-22/h3-10,12H,13H2,1-2H3,(H,24,25). The maximum atomic E-state index is 13.1. The van der Waals surface area contributed by atoms with Gasteiger partial charge in [-0.15, -0.1) is 10.2 Å². The summed E-state index contributed by atoms with van der Waals surface area (Å²) >= 11 is 0. The van der Waals surface area contributed by atoms with Crippen LogP contribution in [0.15, 0.2) is 54.7 Å². The molecule has 1 aromatic heterocycles. The molecule has 0 saturated heterocycles. The van der Waals surface area contributed by atoms with Crippen LogP contribution in [-0.4, -0.2) is 21.7 Å². The first-order chi connectivity index (χ1) is 12.5. The average molecular weight is 347 g/mol. The van der Waals surface area contributed by atoms with E-state index in [0.717, 1.165) is 11.1 Å². The van der Waals surface area contributed by atoms with E-state index >= 15 is 0 Å². The van der Waals surface area contributed by atoms with Crippen LogP contribution in [0.1, 0.15) is 25.0 Å². The lowest BCUT2D eigenvalue weighted by Gasteiger charge is -2.25. The molecule has 0 aliphatic carbocycles. The smallest absolute Gasteiger partial charge is 0.181 e. The van der Waals surface area contributed by atoms with Crippen molar-refractivity contribution in [2.24, 2.45) is 0 Å². The van der Waals surface area contributed by atoms with Gasteiger partial charge >= 0.3 is 0 Å². The molecule has 1 N–H and O–H groups in total. The molecule has 0 amide bonds. The summed E-state index contributed by atoms with van der Waals surface area (Å²) in [5, 5.41) is 20.5. The van der Waals surface area contributed by atoms with Gasteiger partial charge in [0.25, 0.3) is 0 Å². The highest BCUT2D eigenvalue weighted by Crippen LogP contribution is 2.24. The molecule has 130 valence electrons. The minimum atomic E-state index is -0.247. The fourth-order valence-corrected chi connectivity index (χ4v) is 2.53.